The van der Waals surface area contributed by atoms with Crippen molar-refractivity contribution in [1.82, 2.24) is 0 Å². The first-order valence-corrected chi connectivity index (χ1v) is 6.17. The molecule has 1 aromatic carbocycles. The molecule has 0 atom stereocenters. The van der Waals surface area contributed by atoms with Crippen molar-refractivity contribution in [3.05, 3.63) is 28.8 Å². The maximum Gasteiger partial charge on any atom is 0.0702 e. The second-order valence-corrected chi connectivity index (χ2v) is 4.65. The number of hydrogen-bond donors (Lipinski definition) is 1. The molecular weight excluding hydrogens is 236 g/mol. The first kappa shape index (κ1) is 12.2. The molecule has 3 nitrogen and oxygen atoms in total. The fourth-order valence-corrected chi connectivity index (χ4v) is 2.35. The molecule has 90 valence electrons. The van der Waals surface area contributed by atoms with Crippen molar-refractivity contribution in [3.8, 4) is 6.07 Å². The van der Waals surface area contributed by atoms with Gasteiger partial charge in [-0.3, -0.25) is 0 Å². The smallest absolute Gasteiger partial charge is 0.0702 e. The number of aliphatic hydroxyl groups is 1. The number of benzene rings is 1. The first-order chi connectivity index (χ1) is 8.27. The Hall–Kier alpha value is -1.24. The molecule has 0 aliphatic heterocycles. The molecule has 1 aliphatic rings. The lowest BCUT2D eigenvalue weighted by Crippen LogP contribution is -2.28. The van der Waals surface area contributed by atoms with Crippen LogP contribution in [0, 0.1) is 11.3 Å². The standard InChI is InChI=1S/C13H15ClN2O/c14-12-4-1-3-10(9-17)13(12)16(8-2-7-15)11-5-6-11/h1,3-4,11,17H,2,5-6,8-9H2. The van der Waals surface area contributed by atoms with Crippen LogP contribution in [0.4, 0.5) is 5.69 Å². The molecule has 0 saturated heterocycles. The lowest BCUT2D eigenvalue weighted by atomic mass is 10.1. The normalized spacial score (nSPS) is 14.4. The minimum absolute atomic E-state index is 0.0222. The van der Waals surface area contributed by atoms with Gasteiger partial charge in [0, 0.05) is 18.2 Å². The summed E-state index contributed by atoms with van der Waals surface area (Å²) in [6.07, 6.45) is 2.76. The van der Waals surface area contributed by atoms with Gasteiger partial charge in [-0.2, -0.15) is 5.26 Å². The molecule has 1 aliphatic carbocycles. The van der Waals surface area contributed by atoms with E-state index in [9.17, 15) is 5.11 Å². The molecule has 1 saturated carbocycles. The average molecular weight is 251 g/mol. The Balaban J connectivity index is 2.31. The van der Waals surface area contributed by atoms with Crippen LogP contribution in [-0.2, 0) is 6.61 Å². The van der Waals surface area contributed by atoms with Gasteiger partial charge in [0.05, 0.1) is 29.8 Å². The van der Waals surface area contributed by atoms with Crippen LogP contribution in [0.2, 0.25) is 5.02 Å². The fourth-order valence-electron chi connectivity index (χ4n) is 2.04. The predicted molar refractivity (Wildman–Crippen MR) is 68.0 cm³/mol. The maximum absolute atomic E-state index is 9.37. The van der Waals surface area contributed by atoms with Gasteiger partial charge in [-0.1, -0.05) is 23.7 Å². The van der Waals surface area contributed by atoms with Gasteiger partial charge in [0.15, 0.2) is 0 Å². The quantitative estimate of drug-likeness (QED) is 0.874. The Morgan fingerprint density at radius 2 is 2.24 bits per heavy atom. The largest absolute Gasteiger partial charge is 0.392 e. The number of rotatable bonds is 5. The monoisotopic (exact) mass is 250 g/mol. The highest BCUT2D eigenvalue weighted by Crippen LogP contribution is 2.38. The molecule has 0 unspecified atom stereocenters. The number of aliphatic hydroxyl groups excluding tert-OH is 1. The van der Waals surface area contributed by atoms with Crippen LogP contribution in [0.15, 0.2) is 18.2 Å². The summed E-state index contributed by atoms with van der Waals surface area (Å²) in [4.78, 5) is 2.16. The van der Waals surface area contributed by atoms with Crippen molar-refractivity contribution in [2.24, 2.45) is 0 Å². The van der Waals surface area contributed by atoms with Gasteiger partial charge in [-0.05, 0) is 18.9 Å². The van der Waals surface area contributed by atoms with Crippen molar-refractivity contribution in [2.45, 2.75) is 31.9 Å². The highest BCUT2D eigenvalue weighted by atomic mass is 35.5. The molecule has 0 amide bonds. The SMILES string of the molecule is N#CCCN(c1c(Cl)cccc1CO)C1CC1. The number of anilines is 1. The van der Waals surface area contributed by atoms with Crippen LogP contribution in [0.3, 0.4) is 0 Å². The van der Waals surface area contributed by atoms with E-state index in [1.165, 1.54) is 0 Å². The summed E-state index contributed by atoms with van der Waals surface area (Å²) < 4.78 is 0. The fraction of sp³-hybridized carbons (Fsp3) is 0.462. The number of nitrogens with zero attached hydrogens (tertiary/aromatic N) is 2. The summed E-state index contributed by atoms with van der Waals surface area (Å²) in [5, 5.41) is 18.7. The summed E-state index contributed by atoms with van der Waals surface area (Å²) in [6.45, 7) is 0.656. The van der Waals surface area contributed by atoms with Crippen molar-refractivity contribution in [3.63, 3.8) is 0 Å². The minimum atomic E-state index is -0.0222. The highest BCUT2D eigenvalue weighted by molar-refractivity contribution is 6.33. The van der Waals surface area contributed by atoms with Gasteiger partial charge in [-0.15, -0.1) is 0 Å². The predicted octanol–water partition coefficient (Wildman–Crippen LogP) is 2.71. The third kappa shape index (κ3) is 2.71. The van der Waals surface area contributed by atoms with Gasteiger partial charge in [0.2, 0.25) is 0 Å². The Morgan fingerprint density at radius 1 is 1.47 bits per heavy atom. The third-order valence-corrected chi connectivity index (χ3v) is 3.29. The van der Waals surface area contributed by atoms with Crippen molar-refractivity contribution in [1.29, 1.82) is 5.26 Å². The zero-order chi connectivity index (χ0) is 12.3. The Morgan fingerprint density at radius 3 is 2.82 bits per heavy atom. The van der Waals surface area contributed by atoms with Crippen LogP contribution in [0.1, 0.15) is 24.8 Å². The molecule has 0 spiro atoms. The number of nitriles is 1. The molecule has 1 fully saturated rings. The molecule has 0 bridgehead atoms. The zero-order valence-corrected chi connectivity index (χ0v) is 10.3. The van der Waals surface area contributed by atoms with E-state index in [1.54, 1.807) is 0 Å². The molecule has 1 N–H and O–H groups in total. The molecule has 0 radical (unpaired) electrons. The molecule has 17 heavy (non-hydrogen) atoms. The second kappa shape index (κ2) is 5.39. The molecule has 4 heteroatoms. The van der Waals surface area contributed by atoms with Crippen molar-refractivity contribution >= 4 is 17.3 Å². The van der Waals surface area contributed by atoms with E-state index in [-0.39, 0.29) is 6.61 Å². The Bertz CT molecular complexity index is 438. The van der Waals surface area contributed by atoms with E-state index in [2.05, 4.69) is 11.0 Å². The Labute approximate surface area is 106 Å². The summed E-state index contributed by atoms with van der Waals surface area (Å²) in [6, 6.07) is 8.19. The van der Waals surface area contributed by atoms with E-state index >= 15 is 0 Å². The van der Waals surface area contributed by atoms with Gasteiger partial charge >= 0.3 is 0 Å². The van der Waals surface area contributed by atoms with Crippen molar-refractivity contribution < 1.29 is 5.11 Å². The average Bonchev–Trinajstić information content (AvgIpc) is 3.15. The molecule has 0 heterocycles. The topological polar surface area (TPSA) is 47.3 Å². The van der Waals surface area contributed by atoms with Crippen LogP contribution >= 0.6 is 11.6 Å². The lowest BCUT2D eigenvalue weighted by molar-refractivity contribution is 0.282. The summed E-state index contributed by atoms with van der Waals surface area (Å²) in [7, 11) is 0. The van der Waals surface area contributed by atoms with Gasteiger partial charge in [-0.25, -0.2) is 0 Å². The van der Waals surface area contributed by atoms with Gasteiger partial charge in [0.1, 0.15) is 0 Å². The van der Waals surface area contributed by atoms with Crippen molar-refractivity contribution in [2.75, 3.05) is 11.4 Å². The van der Waals surface area contributed by atoms with E-state index in [0.717, 1.165) is 24.1 Å². The number of para-hydroxylation sites is 1. The van der Waals surface area contributed by atoms with E-state index in [1.807, 2.05) is 18.2 Å². The molecule has 0 aromatic heterocycles. The van der Waals surface area contributed by atoms with Crippen LogP contribution in [-0.4, -0.2) is 17.7 Å². The molecule has 2 rings (SSSR count). The Kier molecular flexibility index (Phi) is 3.88. The second-order valence-electron chi connectivity index (χ2n) is 4.24. The van der Waals surface area contributed by atoms with Gasteiger partial charge < -0.3 is 10.0 Å². The zero-order valence-electron chi connectivity index (χ0n) is 9.56. The third-order valence-electron chi connectivity index (χ3n) is 2.98. The first-order valence-electron chi connectivity index (χ1n) is 5.79. The van der Waals surface area contributed by atoms with E-state index in [0.29, 0.717) is 24.0 Å². The maximum atomic E-state index is 9.37. The summed E-state index contributed by atoms with van der Waals surface area (Å²) in [5.74, 6) is 0. The van der Waals surface area contributed by atoms with Crippen LogP contribution in [0.25, 0.3) is 0 Å². The van der Waals surface area contributed by atoms with E-state index in [4.69, 9.17) is 16.9 Å². The van der Waals surface area contributed by atoms with Crippen LogP contribution in [0.5, 0.6) is 0 Å². The van der Waals surface area contributed by atoms with E-state index < -0.39 is 0 Å². The minimum Gasteiger partial charge on any atom is -0.392 e. The summed E-state index contributed by atoms with van der Waals surface area (Å²) >= 11 is 6.22. The van der Waals surface area contributed by atoms with Crippen LogP contribution < -0.4 is 4.90 Å². The molecular formula is C13H15ClN2O. The highest BCUT2D eigenvalue weighted by Gasteiger charge is 2.31. The number of halogens is 1. The van der Waals surface area contributed by atoms with Gasteiger partial charge in [0.25, 0.3) is 0 Å². The molecule has 1 aromatic rings. The lowest BCUT2D eigenvalue weighted by Gasteiger charge is -2.27. The summed E-state index contributed by atoms with van der Waals surface area (Å²) in [5.41, 5.74) is 1.73. The number of hydrogen-bond acceptors (Lipinski definition) is 3.